The molecule has 0 unspecified atom stereocenters. The van der Waals surface area contributed by atoms with Gasteiger partial charge < -0.3 is 10.2 Å². The van der Waals surface area contributed by atoms with Crippen LogP contribution in [-0.4, -0.2) is 18.4 Å². The zero-order valence-electron chi connectivity index (χ0n) is 14.4. The quantitative estimate of drug-likeness (QED) is 0.835. The average Bonchev–Trinajstić information content (AvgIpc) is 3.27. The van der Waals surface area contributed by atoms with Gasteiger partial charge >= 0.3 is 0 Å². The fourth-order valence-electron chi connectivity index (χ4n) is 3.72. The molecule has 1 saturated heterocycles. The zero-order valence-corrected chi connectivity index (χ0v) is 14.4. The standard InChI is InChI=1S/C20H17F3N2O2/c21-15-6-7-16(19(23)18(15)22)24-20(27)13-9-17(26)25(10-13)14-5-4-11-2-1-3-12(11)8-14/h4-8,13H,1-3,9-10H2,(H,24,27)/t13-/m0/s1. The predicted molar refractivity (Wildman–Crippen MR) is 93.9 cm³/mol. The molecule has 27 heavy (non-hydrogen) atoms. The number of halogens is 3. The summed E-state index contributed by atoms with van der Waals surface area (Å²) in [7, 11) is 0. The summed E-state index contributed by atoms with van der Waals surface area (Å²) >= 11 is 0. The van der Waals surface area contributed by atoms with E-state index < -0.39 is 35.0 Å². The summed E-state index contributed by atoms with van der Waals surface area (Å²) in [6.45, 7) is 0.161. The van der Waals surface area contributed by atoms with Crippen LogP contribution in [0, 0.1) is 23.4 Å². The maximum absolute atomic E-state index is 13.7. The number of fused-ring (bicyclic) bond motifs is 1. The first-order valence-corrected chi connectivity index (χ1v) is 8.80. The lowest BCUT2D eigenvalue weighted by atomic mass is 10.1. The third-order valence-electron chi connectivity index (χ3n) is 5.18. The van der Waals surface area contributed by atoms with Gasteiger partial charge in [0.2, 0.25) is 11.8 Å². The van der Waals surface area contributed by atoms with Crippen molar-refractivity contribution >= 4 is 23.2 Å². The van der Waals surface area contributed by atoms with Gasteiger partial charge in [0.05, 0.1) is 11.6 Å². The number of rotatable bonds is 3. The van der Waals surface area contributed by atoms with Crippen molar-refractivity contribution in [1.82, 2.24) is 0 Å². The second kappa shape index (κ2) is 6.72. The number of nitrogens with zero attached hydrogens (tertiary/aromatic N) is 1. The highest BCUT2D eigenvalue weighted by molar-refractivity contribution is 6.03. The van der Waals surface area contributed by atoms with E-state index in [2.05, 4.69) is 5.32 Å². The summed E-state index contributed by atoms with van der Waals surface area (Å²) in [5.41, 5.74) is 2.81. The Bertz CT molecular complexity index is 945. The molecule has 0 radical (unpaired) electrons. The van der Waals surface area contributed by atoms with E-state index in [9.17, 15) is 22.8 Å². The molecule has 7 heteroatoms. The van der Waals surface area contributed by atoms with E-state index in [-0.39, 0.29) is 18.9 Å². The van der Waals surface area contributed by atoms with Crippen molar-refractivity contribution in [2.75, 3.05) is 16.8 Å². The third-order valence-corrected chi connectivity index (χ3v) is 5.18. The molecular weight excluding hydrogens is 357 g/mol. The molecule has 0 aromatic heterocycles. The van der Waals surface area contributed by atoms with Crippen LogP contribution in [0.5, 0.6) is 0 Å². The SMILES string of the molecule is O=C(Nc1ccc(F)c(F)c1F)[C@H]1CC(=O)N(c2ccc3c(c2)CCC3)C1. The highest BCUT2D eigenvalue weighted by atomic mass is 19.2. The van der Waals surface area contributed by atoms with Gasteiger partial charge in [-0.1, -0.05) is 6.07 Å². The number of benzene rings is 2. The normalized spacial score (nSPS) is 18.7. The first-order valence-electron chi connectivity index (χ1n) is 8.80. The van der Waals surface area contributed by atoms with Crippen molar-refractivity contribution in [2.45, 2.75) is 25.7 Å². The summed E-state index contributed by atoms with van der Waals surface area (Å²) in [6.07, 6.45) is 3.09. The Morgan fingerprint density at radius 1 is 1.04 bits per heavy atom. The van der Waals surface area contributed by atoms with Gasteiger partial charge in [-0.2, -0.15) is 0 Å². The minimum Gasteiger partial charge on any atom is -0.323 e. The fraction of sp³-hybridized carbons (Fsp3) is 0.300. The van der Waals surface area contributed by atoms with Crippen molar-refractivity contribution in [3.05, 3.63) is 58.9 Å². The van der Waals surface area contributed by atoms with Crippen LogP contribution in [0.15, 0.2) is 30.3 Å². The van der Waals surface area contributed by atoms with Crippen molar-refractivity contribution < 1.29 is 22.8 Å². The van der Waals surface area contributed by atoms with Crippen molar-refractivity contribution in [3.63, 3.8) is 0 Å². The summed E-state index contributed by atoms with van der Waals surface area (Å²) in [5, 5.41) is 2.25. The van der Waals surface area contributed by atoms with Crippen LogP contribution in [0.2, 0.25) is 0 Å². The second-order valence-corrected chi connectivity index (χ2v) is 6.92. The number of carbonyl (C=O) groups is 2. The molecule has 4 rings (SSSR count). The fourth-order valence-corrected chi connectivity index (χ4v) is 3.72. The summed E-state index contributed by atoms with van der Waals surface area (Å²) < 4.78 is 40.1. The number of aryl methyl sites for hydroxylation is 2. The van der Waals surface area contributed by atoms with Gasteiger partial charge in [-0.25, -0.2) is 13.2 Å². The number of anilines is 2. The smallest absolute Gasteiger partial charge is 0.229 e. The molecule has 2 aromatic rings. The Morgan fingerprint density at radius 2 is 1.81 bits per heavy atom. The van der Waals surface area contributed by atoms with E-state index in [1.54, 1.807) is 4.90 Å². The monoisotopic (exact) mass is 374 g/mol. The summed E-state index contributed by atoms with van der Waals surface area (Å²) in [4.78, 5) is 26.3. The molecule has 1 N–H and O–H groups in total. The predicted octanol–water partition coefficient (Wildman–Crippen LogP) is 3.58. The largest absolute Gasteiger partial charge is 0.323 e. The molecule has 2 aromatic carbocycles. The van der Waals surface area contributed by atoms with Crippen LogP contribution >= 0.6 is 0 Å². The van der Waals surface area contributed by atoms with Crippen LogP contribution in [-0.2, 0) is 22.4 Å². The van der Waals surface area contributed by atoms with E-state index in [1.807, 2.05) is 18.2 Å². The van der Waals surface area contributed by atoms with Gasteiger partial charge in [0, 0.05) is 18.7 Å². The number of carbonyl (C=O) groups excluding carboxylic acids is 2. The Balaban J connectivity index is 1.49. The Labute approximate surface area is 154 Å². The molecule has 0 spiro atoms. The highest BCUT2D eigenvalue weighted by Crippen LogP contribution is 2.31. The number of hydrogen-bond donors (Lipinski definition) is 1. The molecular formula is C20H17F3N2O2. The van der Waals surface area contributed by atoms with E-state index in [4.69, 9.17) is 0 Å². The molecule has 0 bridgehead atoms. The van der Waals surface area contributed by atoms with E-state index >= 15 is 0 Å². The number of amides is 2. The molecule has 2 amide bonds. The second-order valence-electron chi connectivity index (χ2n) is 6.92. The van der Waals surface area contributed by atoms with Gasteiger partial charge in [0.1, 0.15) is 0 Å². The van der Waals surface area contributed by atoms with Crippen molar-refractivity contribution in [1.29, 1.82) is 0 Å². The molecule has 1 fully saturated rings. The van der Waals surface area contributed by atoms with E-state index in [0.717, 1.165) is 37.1 Å². The van der Waals surface area contributed by atoms with E-state index in [0.29, 0.717) is 0 Å². The van der Waals surface area contributed by atoms with Crippen molar-refractivity contribution in [3.8, 4) is 0 Å². The lowest BCUT2D eigenvalue weighted by Crippen LogP contribution is -2.28. The van der Waals surface area contributed by atoms with Crippen LogP contribution in [0.1, 0.15) is 24.0 Å². The average molecular weight is 374 g/mol. The van der Waals surface area contributed by atoms with E-state index in [1.165, 1.54) is 11.1 Å². The van der Waals surface area contributed by atoms with Gasteiger partial charge in [0.25, 0.3) is 0 Å². The van der Waals surface area contributed by atoms with Gasteiger partial charge in [-0.3, -0.25) is 9.59 Å². The summed E-state index contributed by atoms with van der Waals surface area (Å²) in [5.74, 6) is -5.92. The van der Waals surface area contributed by atoms with Crippen LogP contribution < -0.4 is 10.2 Å². The lowest BCUT2D eigenvalue weighted by Gasteiger charge is -2.18. The van der Waals surface area contributed by atoms with Gasteiger partial charge in [-0.05, 0) is 54.7 Å². The molecule has 4 nitrogen and oxygen atoms in total. The van der Waals surface area contributed by atoms with Crippen LogP contribution in [0.25, 0.3) is 0 Å². The molecule has 140 valence electrons. The maximum atomic E-state index is 13.7. The Morgan fingerprint density at radius 3 is 2.63 bits per heavy atom. The molecule has 1 atom stereocenters. The van der Waals surface area contributed by atoms with Crippen LogP contribution in [0.4, 0.5) is 24.5 Å². The molecule has 2 aliphatic rings. The van der Waals surface area contributed by atoms with Crippen molar-refractivity contribution in [2.24, 2.45) is 5.92 Å². The Hall–Kier alpha value is -2.83. The number of hydrogen-bond acceptors (Lipinski definition) is 2. The highest BCUT2D eigenvalue weighted by Gasteiger charge is 2.36. The molecule has 0 saturated carbocycles. The minimum atomic E-state index is -1.64. The topological polar surface area (TPSA) is 49.4 Å². The zero-order chi connectivity index (χ0) is 19.1. The molecule has 1 aliphatic heterocycles. The number of nitrogens with one attached hydrogen (secondary N) is 1. The maximum Gasteiger partial charge on any atom is 0.229 e. The van der Waals surface area contributed by atoms with Gasteiger partial charge in [-0.15, -0.1) is 0 Å². The molecule has 1 heterocycles. The minimum absolute atomic E-state index is 0.0196. The Kier molecular flexibility index (Phi) is 4.37. The first-order chi connectivity index (χ1) is 12.9. The van der Waals surface area contributed by atoms with Gasteiger partial charge in [0.15, 0.2) is 17.5 Å². The summed E-state index contributed by atoms with van der Waals surface area (Å²) in [6, 6.07) is 7.56. The van der Waals surface area contributed by atoms with Crippen LogP contribution in [0.3, 0.4) is 0 Å². The first kappa shape index (κ1) is 17.6. The lowest BCUT2D eigenvalue weighted by molar-refractivity contribution is -0.122. The molecule has 1 aliphatic carbocycles. The third kappa shape index (κ3) is 3.18.